The third-order valence-corrected chi connectivity index (χ3v) is 3.09. The number of aromatic nitrogens is 2. The van der Waals surface area contributed by atoms with Crippen molar-refractivity contribution < 1.29 is 13.9 Å². The Morgan fingerprint density at radius 1 is 1.10 bits per heavy atom. The molecule has 0 aliphatic carbocycles. The van der Waals surface area contributed by atoms with E-state index < -0.39 is 0 Å². The van der Waals surface area contributed by atoms with Crippen molar-refractivity contribution in [3.8, 4) is 23.0 Å². The van der Waals surface area contributed by atoms with Crippen LogP contribution in [0.3, 0.4) is 0 Å². The molecule has 1 unspecified atom stereocenters. The molecule has 1 aromatic heterocycles. The Hall–Kier alpha value is -2.08. The van der Waals surface area contributed by atoms with Crippen molar-refractivity contribution in [1.29, 1.82) is 0 Å². The Balaban J connectivity index is 2.47. The van der Waals surface area contributed by atoms with Gasteiger partial charge in [-0.25, -0.2) is 0 Å². The van der Waals surface area contributed by atoms with E-state index in [1.54, 1.807) is 14.2 Å². The van der Waals surface area contributed by atoms with Gasteiger partial charge in [-0.3, -0.25) is 0 Å². The first-order chi connectivity index (χ1) is 9.58. The molecule has 6 nitrogen and oxygen atoms in total. The minimum absolute atomic E-state index is 0.211. The van der Waals surface area contributed by atoms with Crippen LogP contribution in [-0.2, 0) is 0 Å². The molecule has 2 aromatic rings. The predicted molar refractivity (Wildman–Crippen MR) is 74.6 cm³/mol. The fourth-order valence-electron chi connectivity index (χ4n) is 1.82. The van der Waals surface area contributed by atoms with Crippen LogP contribution < -0.4 is 15.2 Å². The largest absolute Gasteiger partial charge is 0.496 e. The van der Waals surface area contributed by atoms with Crippen LogP contribution in [0.15, 0.2) is 22.6 Å². The zero-order chi connectivity index (χ0) is 14.7. The minimum Gasteiger partial charge on any atom is -0.496 e. The summed E-state index contributed by atoms with van der Waals surface area (Å²) in [5.41, 5.74) is 6.64. The van der Waals surface area contributed by atoms with Gasteiger partial charge in [0, 0.05) is 0 Å². The molecule has 0 aliphatic heterocycles. The molecule has 108 valence electrons. The Bertz CT molecular complexity index is 559. The highest BCUT2D eigenvalue weighted by Gasteiger charge is 2.22. The van der Waals surface area contributed by atoms with Gasteiger partial charge >= 0.3 is 0 Å². The van der Waals surface area contributed by atoms with Crippen molar-refractivity contribution in [3.05, 3.63) is 24.1 Å². The van der Waals surface area contributed by atoms with Gasteiger partial charge in [0.25, 0.3) is 5.89 Å². The Kier molecular flexibility index (Phi) is 4.24. The first-order valence-electron chi connectivity index (χ1n) is 6.38. The summed E-state index contributed by atoms with van der Waals surface area (Å²) in [6.07, 6.45) is 0. The smallest absolute Gasteiger partial charge is 0.255 e. The molecule has 2 N–H and O–H groups in total. The molecule has 0 radical (unpaired) electrons. The second-order valence-corrected chi connectivity index (χ2v) is 4.75. The molecule has 20 heavy (non-hydrogen) atoms. The van der Waals surface area contributed by atoms with E-state index in [2.05, 4.69) is 10.2 Å². The highest BCUT2D eigenvalue weighted by molar-refractivity contribution is 5.70. The van der Waals surface area contributed by atoms with Crippen molar-refractivity contribution in [2.45, 2.75) is 19.9 Å². The molecular weight excluding hydrogens is 258 g/mol. The highest BCUT2D eigenvalue weighted by Crippen LogP contribution is 2.37. The van der Waals surface area contributed by atoms with E-state index >= 15 is 0 Å². The first-order valence-corrected chi connectivity index (χ1v) is 6.38. The lowest BCUT2D eigenvalue weighted by Crippen LogP contribution is -2.16. The monoisotopic (exact) mass is 277 g/mol. The molecule has 0 aliphatic rings. The molecule has 1 heterocycles. The van der Waals surface area contributed by atoms with E-state index in [4.69, 9.17) is 19.6 Å². The maximum atomic E-state index is 6.01. The number of benzene rings is 1. The Morgan fingerprint density at radius 3 is 2.20 bits per heavy atom. The van der Waals surface area contributed by atoms with Gasteiger partial charge in [-0.15, -0.1) is 10.2 Å². The van der Waals surface area contributed by atoms with Gasteiger partial charge in [-0.1, -0.05) is 19.9 Å². The number of hydrogen-bond acceptors (Lipinski definition) is 6. The van der Waals surface area contributed by atoms with E-state index in [9.17, 15) is 0 Å². The number of nitrogens with zero attached hydrogens (tertiary/aromatic N) is 2. The van der Waals surface area contributed by atoms with Crippen molar-refractivity contribution >= 4 is 0 Å². The molecule has 1 aromatic carbocycles. The molecule has 0 fully saturated rings. The fraction of sp³-hybridized carbons (Fsp3) is 0.429. The number of ether oxygens (including phenoxy) is 2. The molecule has 2 rings (SSSR count). The minimum atomic E-state index is -0.294. The third kappa shape index (κ3) is 2.60. The Labute approximate surface area is 117 Å². The van der Waals surface area contributed by atoms with Crippen molar-refractivity contribution in [1.82, 2.24) is 10.2 Å². The topological polar surface area (TPSA) is 83.4 Å². The van der Waals surface area contributed by atoms with E-state index in [1.807, 2.05) is 32.0 Å². The average molecular weight is 277 g/mol. The lowest BCUT2D eigenvalue weighted by molar-refractivity contribution is 0.381. The predicted octanol–water partition coefficient (Wildman–Crippen LogP) is 2.41. The van der Waals surface area contributed by atoms with Crippen LogP contribution in [0.4, 0.5) is 0 Å². The summed E-state index contributed by atoms with van der Waals surface area (Å²) in [6, 6.07) is 5.16. The number of nitrogens with two attached hydrogens (primary N) is 1. The van der Waals surface area contributed by atoms with Crippen molar-refractivity contribution in [2.75, 3.05) is 14.2 Å². The van der Waals surface area contributed by atoms with Crippen LogP contribution in [0.25, 0.3) is 11.5 Å². The van der Waals surface area contributed by atoms with Crippen LogP contribution >= 0.6 is 0 Å². The number of rotatable bonds is 5. The van der Waals surface area contributed by atoms with E-state index in [0.29, 0.717) is 28.8 Å². The highest BCUT2D eigenvalue weighted by atomic mass is 16.5. The summed E-state index contributed by atoms with van der Waals surface area (Å²) in [6.45, 7) is 4.00. The SMILES string of the molecule is COc1cccc(OC)c1-c1nnc(C(N)C(C)C)o1. The van der Waals surface area contributed by atoms with Gasteiger partial charge in [0.05, 0.1) is 20.3 Å². The van der Waals surface area contributed by atoms with Gasteiger partial charge in [-0.05, 0) is 18.1 Å². The molecule has 1 atom stereocenters. The maximum absolute atomic E-state index is 6.01. The number of hydrogen-bond donors (Lipinski definition) is 1. The second kappa shape index (κ2) is 5.92. The van der Waals surface area contributed by atoms with Crippen molar-refractivity contribution in [3.63, 3.8) is 0 Å². The van der Waals surface area contributed by atoms with Crippen LogP contribution in [0.2, 0.25) is 0 Å². The molecular formula is C14H19N3O3. The van der Waals surface area contributed by atoms with Crippen LogP contribution in [0, 0.1) is 5.92 Å². The molecule has 0 spiro atoms. The van der Waals surface area contributed by atoms with Crippen LogP contribution in [0.5, 0.6) is 11.5 Å². The van der Waals surface area contributed by atoms with Crippen LogP contribution in [0.1, 0.15) is 25.8 Å². The summed E-state index contributed by atoms with van der Waals surface area (Å²) in [7, 11) is 3.16. The summed E-state index contributed by atoms with van der Waals surface area (Å²) in [5, 5.41) is 8.06. The molecule has 6 heteroatoms. The van der Waals surface area contributed by atoms with Gasteiger partial charge in [-0.2, -0.15) is 0 Å². The van der Waals surface area contributed by atoms with Gasteiger partial charge < -0.3 is 19.6 Å². The molecule has 0 saturated heterocycles. The molecule has 0 bridgehead atoms. The van der Waals surface area contributed by atoms with Crippen LogP contribution in [-0.4, -0.2) is 24.4 Å². The van der Waals surface area contributed by atoms with E-state index in [-0.39, 0.29) is 12.0 Å². The van der Waals surface area contributed by atoms with E-state index in [1.165, 1.54) is 0 Å². The summed E-state index contributed by atoms with van der Waals surface area (Å²) < 4.78 is 16.3. The average Bonchev–Trinajstić information content (AvgIpc) is 2.94. The quantitative estimate of drug-likeness (QED) is 0.903. The van der Waals surface area contributed by atoms with Gasteiger partial charge in [0.1, 0.15) is 17.1 Å². The fourth-order valence-corrected chi connectivity index (χ4v) is 1.82. The first kappa shape index (κ1) is 14.3. The zero-order valence-corrected chi connectivity index (χ0v) is 12.1. The summed E-state index contributed by atoms with van der Waals surface area (Å²) in [4.78, 5) is 0. The van der Waals surface area contributed by atoms with Gasteiger partial charge in [0.15, 0.2) is 0 Å². The van der Waals surface area contributed by atoms with E-state index in [0.717, 1.165) is 0 Å². The van der Waals surface area contributed by atoms with Crippen molar-refractivity contribution in [2.24, 2.45) is 11.7 Å². The maximum Gasteiger partial charge on any atom is 0.255 e. The second-order valence-electron chi connectivity index (χ2n) is 4.75. The summed E-state index contributed by atoms with van der Waals surface area (Å²) in [5.74, 6) is 2.17. The van der Waals surface area contributed by atoms with Gasteiger partial charge in [0.2, 0.25) is 5.89 Å². The zero-order valence-electron chi connectivity index (χ0n) is 12.1. The lowest BCUT2D eigenvalue weighted by atomic mass is 10.1. The standard InChI is InChI=1S/C14H19N3O3/c1-8(2)12(15)14-17-16-13(20-14)11-9(18-3)6-5-7-10(11)19-4/h5-8,12H,15H2,1-4H3. The summed E-state index contributed by atoms with van der Waals surface area (Å²) >= 11 is 0. The molecule has 0 amide bonds. The molecule has 0 saturated carbocycles. The number of methoxy groups -OCH3 is 2. The normalized spacial score (nSPS) is 12.5. The third-order valence-electron chi connectivity index (χ3n) is 3.09. The lowest BCUT2D eigenvalue weighted by Gasteiger charge is -2.11. The Morgan fingerprint density at radius 2 is 1.70 bits per heavy atom.